The molecule has 1 aliphatic heterocycles. The Morgan fingerprint density at radius 2 is 1.83 bits per heavy atom. The molecule has 0 spiro atoms. The minimum Gasteiger partial charge on any atom is -0.480 e. The van der Waals surface area contributed by atoms with E-state index in [2.05, 4.69) is 15.3 Å². The topological polar surface area (TPSA) is 109 Å². The maximum Gasteiger partial charge on any atom is 0.326 e. The number of carbonyl (C=O) groups excluding carboxylic acids is 1. The van der Waals surface area contributed by atoms with Gasteiger partial charge in [0.1, 0.15) is 23.0 Å². The summed E-state index contributed by atoms with van der Waals surface area (Å²) in [6.07, 6.45) is 0.547. The summed E-state index contributed by atoms with van der Waals surface area (Å²) < 4.78 is 6.07. The molecule has 1 amide bonds. The molecule has 0 unspecified atom stereocenters. The summed E-state index contributed by atoms with van der Waals surface area (Å²) >= 11 is 0. The molecule has 5 aromatic rings. The Labute approximate surface area is 206 Å². The fourth-order valence-corrected chi connectivity index (χ4v) is 5.16. The number of carboxylic acids is 1. The molecule has 0 saturated carbocycles. The highest BCUT2D eigenvalue weighted by Crippen LogP contribution is 2.37. The van der Waals surface area contributed by atoms with Crippen molar-refractivity contribution in [1.29, 1.82) is 0 Å². The number of para-hydroxylation sites is 1. The fraction of sp³-hybridized carbons (Fsp3) is 0.214. The lowest BCUT2D eigenvalue weighted by Crippen LogP contribution is -2.36. The van der Waals surface area contributed by atoms with Gasteiger partial charge in [-0.2, -0.15) is 0 Å². The zero-order valence-electron chi connectivity index (χ0n) is 19.6. The number of fused-ring (bicyclic) bond motifs is 4. The summed E-state index contributed by atoms with van der Waals surface area (Å²) in [6.45, 7) is 2.16. The summed E-state index contributed by atoms with van der Waals surface area (Å²) in [5.41, 5.74) is 2.52. The van der Waals surface area contributed by atoms with Gasteiger partial charge in [-0.15, -0.1) is 0 Å². The highest BCUT2D eigenvalue weighted by Gasteiger charge is 2.40. The number of amides is 1. The first kappa shape index (κ1) is 22.0. The van der Waals surface area contributed by atoms with Gasteiger partial charge in [0, 0.05) is 24.0 Å². The van der Waals surface area contributed by atoms with Crippen LogP contribution in [0.1, 0.15) is 18.7 Å². The molecule has 6 rings (SSSR count). The van der Waals surface area contributed by atoms with E-state index < -0.39 is 12.0 Å². The van der Waals surface area contributed by atoms with E-state index in [9.17, 15) is 14.7 Å². The van der Waals surface area contributed by atoms with E-state index in [0.29, 0.717) is 41.3 Å². The largest absolute Gasteiger partial charge is 0.480 e. The quantitative estimate of drug-likeness (QED) is 0.358. The number of carbonyl (C=O) groups is 2. The second-order valence-corrected chi connectivity index (χ2v) is 9.29. The Morgan fingerprint density at radius 3 is 2.67 bits per heavy atom. The van der Waals surface area contributed by atoms with Crippen LogP contribution in [0, 0.1) is 12.8 Å². The van der Waals surface area contributed by atoms with E-state index in [0.717, 1.165) is 21.8 Å². The molecular weight excluding hydrogens is 456 g/mol. The molecule has 36 heavy (non-hydrogen) atoms. The van der Waals surface area contributed by atoms with Crippen LogP contribution in [0.3, 0.4) is 0 Å². The SMILES string of the molecule is Cc1nc(N2C[C@@H](CC(=O)Nc3ccc4ccccc4c3)C[C@H]2C(=O)O)c2oc3ccccc3c2n1. The number of hydrogen-bond acceptors (Lipinski definition) is 6. The molecule has 2 atom stereocenters. The van der Waals surface area contributed by atoms with Crippen LogP contribution in [0.15, 0.2) is 71.1 Å². The lowest BCUT2D eigenvalue weighted by atomic mass is 10.0. The molecule has 3 heterocycles. The molecular formula is C28H24N4O4. The van der Waals surface area contributed by atoms with Crippen molar-refractivity contribution >= 4 is 56.2 Å². The molecule has 2 N–H and O–H groups in total. The van der Waals surface area contributed by atoms with Gasteiger partial charge in [-0.25, -0.2) is 14.8 Å². The maximum atomic E-state index is 12.9. The number of benzene rings is 3. The third-order valence-corrected chi connectivity index (χ3v) is 6.77. The third-order valence-electron chi connectivity index (χ3n) is 6.77. The van der Waals surface area contributed by atoms with Gasteiger partial charge in [0.2, 0.25) is 5.91 Å². The summed E-state index contributed by atoms with van der Waals surface area (Å²) in [7, 11) is 0. The zero-order valence-corrected chi connectivity index (χ0v) is 19.6. The number of aromatic nitrogens is 2. The van der Waals surface area contributed by atoms with Crippen molar-refractivity contribution in [2.24, 2.45) is 5.92 Å². The van der Waals surface area contributed by atoms with Crippen molar-refractivity contribution in [2.75, 3.05) is 16.8 Å². The number of carboxylic acid groups (broad SMARTS) is 1. The first-order valence-electron chi connectivity index (χ1n) is 11.9. The predicted molar refractivity (Wildman–Crippen MR) is 138 cm³/mol. The number of nitrogens with zero attached hydrogens (tertiary/aromatic N) is 3. The number of aryl methyl sites for hydroxylation is 1. The molecule has 1 saturated heterocycles. The fourth-order valence-electron chi connectivity index (χ4n) is 5.16. The van der Waals surface area contributed by atoms with Crippen molar-refractivity contribution in [1.82, 2.24) is 9.97 Å². The molecule has 0 radical (unpaired) electrons. The van der Waals surface area contributed by atoms with Crippen LogP contribution in [0.4, 0.5) is 11.5 Å². The van der Waals surface area contributed by atoms with Crippen molar-refractivity contribution in [3.8, 4) is 0 Å². The minimum atomic E-state index is -0.951. The average molecular weight is 481 g/mol. The van der Waals surface area contributed by atoms with Gasteiger partial charge in [0.05, 0.1) is 0 Å². The molecule has 3 aromatic carbocycles. The molecule has 1 aliphatic rings. The monoisotopic (exact) mass is 480 g/mol. The van der Waals surface area contributed by atoms with Crippen LogP contribution >= 0.6 is 0 Å². The van der Waals surface area contributed by atoms with Crippen molar-refractivity contribution < 1.29 is 19.1 Å². The van der Waals surface area contributed by atoms with Crippen LogP contribution in [0.25, 0.3) is 32.8 Å². The Kier molecular flexibility index (Phi) is 5.29. The zero-order chi connectivity index (χ0) is 24.8. The van der Waals surface area contributed by atoms with Crippen molar-refractivity contribution in [2.45, 2.75) is 25.8 Å². The van der Waals surface area contributed by atoms with Gasteiger partial charge in [-0.3, -0.25) is 4.79 Å². The van der Waals surface area contributed by atoms with Gasteiger partial charge in [-0.1, -0.05) is 42.5 Å². The van der Waals surface area contributed by atoms with Crippen molar-refractivity contribution in [3.05, 3.63) is 72.6 Å². The van der Waals surface area contributed by atoms with Gasteiger partial charge >= 0.3 is 5.97 Å². The van der Waals surface area contributed by atoms with Crippen LogP contribution < -0.4 is 10.2 Å². The summed E-state index contributed by atoms with van der Waals surface area (Å²) in [5, 5.41) is 16.0. The molecule has 1 fully saturated rings. The number of furan rings is 1. The predicted octanol–water partition coefficient (Wildman–Crippen LogP) is 5.15. The van der Waals surface area contributed by atoms with E-state index in [1.807, 2.05) is 66.7 Å². The number of rotatable bonds is 5. The lowest BCUT2D eigenvalue weighted by Gasteiger charge is -2.22. The summed E-state index contributed by atoms with van der Waals surface area (Å²) in [5.74, 6) is -0.257. The minimum absolute atomic E-state index is 0.144. The first-order chi connectivity index (χ1) is 17.5. The summed E-state index contributed by atoms with van der Waals surface area (Å²) in [6, 6.07) is 20.5. The Bertz CT molecular complexity index is 1640. The second-order valence-electron chi connectivity index (χ2n) is 9.29. The lowest BCUT2D eigenvalue weighted by molar-refractivity contribution is -0.138. The van der Waals surface area contributed by atoms with Gasteiger partial charge in [-0.05, 0) is 54.3 Å². The molecule has 8 nitrogen and oxygen atoms in total. The van der Waals surface area contributed by atoms with E-state index in [-0.39, 0.29) is 18.2 Å². The van der Waals surface area contributed by atoms with Gasteiger partial charge in [0.15, 0.2) is 11.4 Å². The number of nitrogens with one attached hydrogen (secondary N) is 1. The normalized spacial score (nSPS) is 17.8. The molecule has 180 valence electrons. The van der Waals surface area contributed by atoms with Crippen LogP contribution in [0.2, 0.25) is 0 Å². The second kappa shape index (κ2) is 8.64. The number of aliphatic carboxylic acids is 1. The maximum absolute atomic E-state index is 12.9. The number of hydrogen-bond donors (Lipinski definition) is 2. The van der Waals surface area contributed by atoms with Gasteiger partial charge < -0.3 is 19.7 Å². The van der Waals surface area contributed by atoms with E-state index >= 15 is 0 Å². The van der Waals surface area contributed by atoms with E-state index in [4.69, 9.17) is 4.42 Å². The smallest absolute Gasteiger partial charge is 0.326 e. The van der Waals surface area contributed by atoms with E-state index in [1.165, 1.54) is 0 Å². The average Bonchev–Trinajstić information content (AvgIpc) is 3.45. The summed E-state index contributed by atoms with van der Waals surface area (Å²) in [4.78, 5) is 36.0. The highest BCUT2D eigenvalue weighted by molar-refractivity contribution is 6.06. The highest BCUT2D eigenvalue weighted by atomic mass is 16.4. The molecule has 2 aromatic heterocycles. The van der Waals surface area contributed by atoms with E-state index in [1.54, 1.807) is 11.8 Å². The van der Waals surface area contributed by atoms with Crippen LogP contribution in [-0.4, -0.2) is 39.5 Å². The Morgan fingerprint density at radius 1 is 1.06 bits per heavy atom. The number of anilines is 2. The standard InChI is InChI=1S/C28H24N4O4/c1-16-29-25-21-8-4-5-9-23(21)36-26(25)27(30-16)32-15-17(12-22(32)28(34)35)13-24(33)31-20-11-10-18-6-2-3-7-19(18)14-20/h2-11,14,17,22H,12-13,15H2,1H3,(H,31,33)(H,34,35)/t17-,22+/m1/s1. The van der Waals surface area contributed by atoms with Gasteiger partial charge in [0.25, 0.3) is 0 Å². The molecule has 0 bridgehead atoms. The van der Waals surface area contributed by atoms with Crippen molar-refractivity contribution in [3.63, 3.8) is 0 Å². The Hall–Kier alpha value is -4.46. The molecule has 0 aliphatic carbocycles. The third kappa shape index (κ3) is 3.90. The molecule has 8 heteroatoms. The van der Waals surface area contributed by atoms with Crippen LogP contribution in [0.5, 0.6) is 0 Å². The van der Waals surface area contributed by atoms with Crippen LogP contribution in [-0.2, 0) is 9.59 Å². The Balaban J connectivity index is 1.26. The first-order valence-corrected chi connectivity index (χ1v) is 11.9.